The van der Waals surface area contributed by atoms with Crippen molar-refractivity contribution in [1.29, 1.82) is 0 Å². The van der Waals surface area contributed by atoms with Crippen LogP contribution in [0.3, 0.4) is 0 Å². The predicted molar refractivity (Wildman–Crippen MR) is 97.7 cm³/mol. The molecule has 1 saturated heterocycles. The summed E-state index contributed by atoms with van der Waals surface area (Å²) in [5.41, 5.74) is 1.04. The van der Waals surface area contributed by atoms with E-state index in [0.29, 0.717) is 32.5 Å². The van der Waals surface area contributed by atoms with Gasteiger partial charge in [0.05, 0.1) is 7.11 Å². The Bertz CT molecular complexity index is 569. The highest BCUT2D eigenvalue weighted by Crippen LogP contribution is 2.19. The number of para-hydroxylation sites is 1. The first-order valence-electron chi connectivity index (χ1n) is 9.08. The van der Waals surface area contributed by atoms with Crippen LogP contribution < -0.4 is 15.4 Å². The van der Waals surface area contributed by atoms with Crippen molar-refractivity contribution in [3.63, 3.8) is 0 Å². The third-order valence-corrected chi connectivity index (χ3v) is 4.49. The van der Waals surface area contributed by atoms with Crippen molar-refractivity contribution in [2.45, 2.75) is 45.1 Å². The number of nitrogens with zero attached hydrogens (tertiary/aromatic N) is 1. The van der Waals surface area contributed by atoms with Crippen LogP contribution in [0.15, 0.2) is 24.3 Å². The molecule has 138 valence electrons. The van der Waals surface area contributed by atoms with Crippen molar-refractivity contribution in [3.05, 3.63) is 29.8 Å². The molecule has 1 aliphatic rings. The van der Waals surface area contributed by atoms with Crippen molar-refractivity contribution in [2.75, 3.05) is 26.7 Å². The van der Waals surface area contributed by atoms with Crippen molar-refractivity contribution in [1.82, 2.24) is 15.5 Å². The van der Waals surface area contributed by atoms with Gasteiger partial charge >= 0.3 is 6.03 Å². The van der Waals surface area contributed by atoms with E-state index in [-0.39, 0.29) is 18.0 Å². The van der Waals surface area contributed by atoms with Crippen LogP contribution >= 0.6 is 0 Å². The summed E-state index contributed by atoms with van der Waals surface area (Å²) in [7, 11) is 1.64. The molecule has 0 spiro atoms. The SMILES string of the molecule is CCCNC(=O)N1CCC(NC(=O)CCc2ccccc2OC)CC1. The molecule has 0 atom stereocenters. The molecule has 1 heterocycles. The van der Waals surface area contributed by atoms with Gasteiger partial charge in [0.15, 0.2) is 0 Å². The molecule has 0 radical (unpaired) electrons. The molecule has 0 unspecified atom stereocenters. The Morgan fingerprint density at radius 1 is 1.24 bits per heavy atom. The Balaban J connectivity index is 1.71. The topological polar surface area (TPSA) is 70.7 Å². The zero-order chi connectivity index (χ0) is 18.1. The first-order chi connectivity index (χ1) is 12.1. The van der Waals surface area contributed by atoms with E-state index in [1.807, 2.05) is 36.1 Å². The maximum atomic E-state index is 12.2. The summed E-state index contributed by atoms with van der Waals surface area (Å²) in [6, 6.07) is 7.93. The van der Waals surface area contributed by atoms with Gasteiger partial charge in [0.25, 0.3) is 0 Å². The smallest absolute Gasteiger partial charge is 0.317 e. The summed E-state index contributed by atoms with van der Waals surface area (Å²) in [6.45, 7) is 4.12. The van der Waals surface area contributed by atoms with Crippen LogP contribution in [-0.2, 0) is 11.2 Å². The van der Waals surface area contributed by atoms with E-state index in [9.17, 15) is 9.59 Å². The number of methoxy groups -OCH3 is 1. The van der Waals surface area contributed by atoms with E-state index in [2.05, 4.69) is 10.6 Å². The molecule has 1 fully saturated rings. The number of carbonyl (C=O) groups excluding carboxylic acids is 2. The zero-order valence-corrected chi connectivity index (χ0v) is 15.2. The first kappa shape index (κ1) is 19.1. The number of nitrogens with one attached hydrogen (secondary N) is 2. The van der Waals surface area contributed by atoms with Crippen LogP contribution in [0.25, 0.3) is 0 Å². The lowest BCUT2D eigenvalue weighted by atomic mass is 10.0. The zero-order valence-electron chi connectivity index (χ0n) is 15.2. The molecular formula is C19H29N3O3. The molecule has 25 heavy (non-hydrogen) atoms. The van der Waals surface area contributed by atoms with E-state index < -0.39 is 0 Å². The lowest BCUT2D eigenvalue weighted by Gasteiger charge is -2.32. The van der Waals surface area contributed by atoms with Gasteiger partial charge in [0.1, 0.15) is 5.75 Å². The second-order valence-corrected chi connectivity index (χ2v) is 6.37. The monoisotopic (exact) mass is 347 g/mol. The molecule has 1 aromatic carbocycles. The van der Waals surface area contributed by atoms with E-state index in [1.54, 1.807) is 7.11 Å². The second-order valence-electron chi connectivity index (χ2n) is 6.37. The average Bonchev–Trinajstić information content (AvgIpc) is 2.65. The summed E-state index contributed by atoms with van der Waals surface area (Å²) < 4.78 is 5.31. The number of likely N-dealkylation sites (tertiary alicyclic amines) is 1. The van der Waals surface area contributed by atoms with Gasteiger partial charge in [-0.2, -0.15) is 0 Å². The van der Waals surface area contributed by atoms with Crippen molar-refractivity contribution in [3.8, 4) is 5.75 Å². The Morgan fingerprint density at radius 2 is 1.96 bits per heavy atom. The summed E-state index contributed by atoms with van der Waals surface area (Å²) in [4.78, 5) is 25.9. The number of aryl methyl sites for hydroxylation is 1. The molecule has 0 aliphatic carbocycles. The Labute approximate surface area is 149 Å². The Hall–Kier alpha value is -2.24. The Kier molecular flexibility index (Phi) is 7.57. The van der Waals surface area contributed by atoms with Crippen molar-refractivity contribution >= 4 is 11.9 Å². The fourth-order valence-electron chi connectivity index (χ4n) is 3.03. The molecule has 1 aromatic rings. The lowest BCUT2D eigenvalue weighted by Crippen LogP contribution is -2.49. The number of ether oxygens (including phenoxy) is 1. The molecule has 2 rings (SSSR count). The second kappa shape index (κ2) is 9.91. The number of hydrogen-bond donors (Lipinski definition) is 2. The molecule has 3 amide bonds. The summed E-state index contributed by atoms with van der Waals surface area (Å²) in [5, 5.41) is 5.99. The van der Waals surface area contributed by atoms with Gasteiger partial charge in [-0.1, -0.05) is 25.1 Å². The summed E-state index contributed by atoms with van der Waals surface area (Å²) in [5.74, 6) is 0.876. The fraction of sp³-hybridized carbons (Fsp3) is 0.579. The molecule has 0 aromatic heterocycles. The quantitative estimate of drug-likeness (QED) is 0.795. The van der Waals surface area contributed by atoms with Crippen LogP contribution in [0, 0.1) is 0 Å². The highest BCUT2D eigenvalue weighted by Gasteiger charge is 2.23. The third kappa shape index (κ3) is 5.96. The number of carbonyl (C=O) groups is 2. The lowest BCUT2D eigenvalue weighted by molar-refractivity contribution is -0.122. The summed E-state index contributed by atoms with van der Waals surface area (Å²) >= 11 is 0. The largest absolute Gasteiger partial charge is 0.496 e. The molecule has 6 nitrogen and oxygen atoms in total. The number of amides is 3. The van der Waals surface area contributed by atoms with Crippen LogP contribution in [0.2, 0.25) is 0 Å². The predicted octanol–water partition coefficient (Wildman–Crippen LogP) is 2.33. The normalized spacial score (nSPS) is 14.9. The van der Waals surface area contributed by atoms with Crippen LogP contribution in [0.1, 0.15) is 38.2 Å². The number of rotatable bonds is 7. The van der Waals surface area contributed by atoms with Crippen LogP contribution in [0.5, 0.6) is 5.75 Å². The maximum Gasteiger partial charge on any atom is 0.317 e. The molecule has 1 aliphatic heterocycles. The van der Waals surface area contributed by atoms with Gasteiger partial charge in [-0.25, -0.2) is 4.79 Å². The van der Waals surface area contributed by atoms with Crippen LogP contribution in [-0.4, -0.2) is 49.6 Å². The maximum absolute atomic E-state index is 12.2. The van der Waals surface area contributed by atoms with Gasteiger partial charge in [-0.3, -0.25) is 4.79 Å². The third-order valence-electron chi connectivity index (χ3n) is 4.49. The van der Waals surface area contributed by atoms with Crippen molar-refractivity contribution in [2.24, 2.45) is 0 Å². The highest BCUT2D eigenvalue weighted by molar-refractivity contribution is 5.77. The molecule has 0 bridgehead atoms. The number of urea groups is 1. The minimum atomic E-state index is 0.00259. The van der Waals surface area contributed by atoms with Gasteiger partial charge < -0.3 is 20.3 Å². The van der Waals surface area contributed by atoms with Crippen molar-refractivity contribution < 1.29 is 14.3 Å². The molecule has 0 saturated carbocycles. The standard InChI is InChI=1S/C19H29N3O3/c1-3-12-20-19(24)22-13-10-16(11-14-22)21-18(23)9-8-15-6-4-5-7-17(15)25-2/h4-7,16H,3,8-14H2,1-2H3,(H,20,24)(H,21,23). The minimum Gasteiger partial charge on any atom is -0.496 e. The number of hydrogen-bond acceptors (Lipinski definition) is 3. The number of benzene rings is 1. The molecular weight excluding hydrogens is 318 g/mol. The highest BCUT2D eigenvalue weighted by atomic mass is 16.5. The summed E-state index contributed by atoms with van der Waals surface area (Å²) in [6.07, 6.45) is 3.65. The Morgan fingerprint density at radius 3 is 2.64 bits per heavy atom. The number of piperidine rings is 1. The first-order valence-corrected chi connectivity index (χ1v) is 9.08. The van der Waals surface area contributed by atoms with E-state index in [1.165, 1.54) is 0 Å². The van der Waals surface area contributed by atoms with E-state index in [4.69, 9.17) is 4.74 Å². The van der Waals surface area contributed by atoms with Crippen LogP contribution in [0.4, 0.5) is 4.79 Å². The average molecular weight is 347 g/mol. The van der Waals surface area contributed by atoms with E-state index in [0.717, 1.165) is 30.6 Å². The minimum absolute atomic E-state index is 0.00259. The van der Waals surface area contributed by atoms with Gasteiger partial charge in [-0.05, 0) is 37.3 Å². The van der Waals surface area contributed by atoms with E-state index >= 15 is 0 Å². The van der Waals surface area contributed by atoms with Gasteiger partial charge in [-0.15, -0.1) is 0 Å². The van der Waals surface area contributed by atoms with Gasteiger partial charge in [0.2, 0.25) is 5.91 Å². The molecule has 2 N–H and O–H groups in total. The van der Waals surface area contributed by atoms with Gasteiger partial charge in [0, 0.05) is 32.1 Å². The molecule has 6 heteroatoms. The fourth-order valence-corrected chi connectivity index (χ4v) is 3.03.